The summed E-state index contributed by atoms with van der Waals surface area (Å²) in [6.45, 7) is 0. The van der Waals surface area contributed by atoms with Gasteiger partial charge >= 0.3 is 12.2 Å². The Hall–Kier alpha value is -3.63. The number of alkyl halides is 3. The molecule has 0 aliphatic carbocycles. The maximum absolute atomic E-state index is 13.9. The number of hydrogen-bond acceptors (Lipinski definition) is 4. The second-order valence-electron chi connectivity index (χ2n) is 5.95. The molecule has 2 aromatic carbocycles. The first-order valence-electron chi connectivity index (χ1n) is 8.05. The van der Waals surface area contributed by atoms with Crippen LogP contribution in [-0.2, 0) is 4.79 Å². The fraction of sp³-hybridized carbons (Fsp3) is 0.167. The van der Waals surface area contributed by atoms with Gasteiger partial charge in [0, 0.05) is 0 Å². The molecule has 0 radical (unpaired) electrons. The molecule has 0 unspecified atom stereocenters. The van der Waals surface area contributed by atoms with Gasteiger partial charge in [-0.05, 0) is 36.4 Å². The second kappa shape index (κ2) is 7.08. The maximum atomic E-state index is 13.9. The molecule has 2 N–H and O–H groups in total. The van der Waals surface area contributed by atoms with E-state index in [4.69, 9.17) is 4.74 Å². The van der Waals surface area contributed by atoms with Gasteiger partial charge in [0.15, 0.2) is 0 Å². The quantitative estimate of drug-likeness (QED) is 0.598. The predicted molar refractivity (Wildman–Crippen MR) is 91.7 cm³/mol. The first kappa shape index (κ1) is 20.1. The van der Waals surface area contributed by atoms with Crippen LogP contribution in [0.25, 0.3) is 0 Å². The van der Waals surface area contributed by atoms with Crippen molar-refractivity contribution in [3.05, 3.63) is 59.9 Å². The van der Waals surface area contributed by atoms with E-state index in [-0.39, 0.29) is 21.9 Å². The van der Waals surface area contributed by atoms with Crippen molar-refractivity contribution >= 4 is 23.5 Å². The van der Waals surface area contributed by atoms with Crippen LogP contribution in [0, 0.1) is 5.82 Å². The van der Waals surface area contributed by atoms with Gasteiger partial charge in [-0.3, -0.25) is 14.9 Å². The van der Waals surface area contributed by atoms with E-state index in [1.165, 1.54) is 36.7 Å². The van der Waals surface area contributed by atoms with Crippen molar-refractivity contribution in [1.82, 2.24) is 10.6 Å². The molecule has 3 rings (SSSR count). The number of para-hydroxylation sites is 1. The van der Waals surface area contributed by atoms with Gasteiger partial charge in [-0.15, -0.1) is 0 Å². The van der Waals surface area contributed by atoms with Gasteiger partial charge in [-0.2, -0.15) is 13.2 Å². The fourth-order valence-electron chi connectivity index (χ4n) is 2.77. The summed E-state index contributed by atoms with van der Waals surface area (Å²) in [5, 5.41) is 3.08. The summed E-state index contributed by atoms with van der Waals surface area (Å²) >= 11 is 0. The largest absolute Gasteiger partial charge is 0.496 e. The summed E-state index contributed by atoms with van der Waals surface area (Å²) in [7, 11) is 1.21. The number of benzene rings is 2. The number of nitrogens with zero attached hydrogens (tertiary/aromatic N) is 1. The highest BCUT2D eigenvalue weighted by Gasteiger charge is 2.69. The number of amides is 4. The number of nitrogens with one attached hydrogen (secondary N) is 2. The van der Waals surface area contributed by atoms with Crippen molar-refractivity contribution in [1.29, 1.82) is 0 Å². The SMILES string of the molecule is COc1ccccc1C(=O)N[C@@]1(C(F)(F)F)NC(=O)N(c2ccc(F)cc2)C1=O. The first-order valence-corrected chi connectivity index (χ1v) is 8.05. The smallest absolute Gasteiger partial charge is 0.440 e. The molecule has 1 aliphatic heterocycles. The number of rotatable bonds is 4. The minimum atomic E-state index is -5.38. The molecule has 1 aliphatic rings. The minimum absolute atomic E-state index is 0.0329. The van der Waals surface area contributed by atoms with Crippen LogP contribution in [0.15, 0.2) is 48.5 Å². The monoisotopic (exact) mass is 411 g/mol. The summed E-state index contributed by atoms with van der Waals surface area (Å²) in [6.07, 6.45) is -5.38. The van der Waals surface area contributed by atoms with Crippen LogP contribution in [0.5, 0.6) is 5.75 Å². The van der Waals surface area contributed by atoms with Crippen molar-refractivity contribution in [3.8, 4) is 5.75 Å². The van der Waals surface area contributed by atoms with Crippen LogP contribution in [0.1, 0.15) is 10.4 Å². The molecule has 7 nitrogen and oxygen atoms in total. The normalized spacial score (nSPS) is 19.1. The number of anilines is 1. The van der Waals surface area contributed by atoms with Crippen LogP contribution >= 0.6 is 0 Å². The standard InChI is InChI=1S/C18H13F4N3O4/c1-29-13-5-3-2-4-12(13)14(26)23-17(18(20,21)22)15(27)25(16(28)24-17)11-8-6-10(19)7-9-11/h2-9H,1H3,(H,23,26)(H,24,28)/t17-/m1/s1. The predicted octanol–water partition coefficient (Wildman–Crippen LogP) is 2.58. The Balaban J connectivity index is 2.02. The molecular formula is C18H13F4N3O4. The number of ether oxygens (including phenoxy) is 1. The number of urea groups is 1. The molecule has 0 bridgehead atoms. The summed E-state index contributed by atoms with van der Waals surface area (Å²) in [4.78, 5) is 37.6. The molecule has 0 spiro atoms. The summed E-state index contributed by atoms with van der Waals surface area (Å²) in [5.74, 6) is -3.83. The Kier molecular flexibility index (Phi) is 4.91. The van der Waals surface area contributed by atoms with Gasteiger partial charge in [0.2, 0.25) is 0 Å². The van der Waals surface area contributed by atoms with Crippen molar-refractivity contribution in [2.45, 2.75) is 11.8 Å². The van der Waals surface area contributed by atoms with Gasteiger partial charge in [-0.25, -0.2) is 14.1 Å². The molecule has 1 heterocycles. The number of carbonyl (C=O) groups is 3. The van der Waals surface area contributed by atoms with E-state index in [0.29, 0.717) is 0 Å². The Bertz CT molecular complexity index is 978. The summed E-state index contributed by atoms with van der Waals surface area (Å²) in [5.41, 5.74) is -4.29. The number of imide groups is 1. The van der Waals surface area contributed by atoms with Gasteiger partial charge in [0.25, 0.3) is 17.5 Å². The molecule has 0 aromatic heterocycles. The number of halogens is 4. The fourth-order valence-corrected chi connectivity index (χ4v) is 2.77. The zero-order chi connectivity index (χ0) is 21.4. The van der Waals surface area contributed by atoms with Crippen LogP contribution in [0.3, 0.4) is 0 Å². The Morgan fingerprint density at radius 1 is 1.10 bits per heavy atom. The highest BCUT2D eigenvalue weighted by Crippen LogP contribution is 2.36. The lowest BCUT2D eigenvalue weighted by Crippen LogP contribution is -2.69. The molecule has 1 fully saturated rings. The average Bonchev–Trinajstić information content (AvgIpc) is 2.93. The topological polar surface area (TPSA) is 87.7 Å². The van der Waals surface area contributed by atoms with Crippen LogP contribution < -0.4 is 20.3 Å². The van der Waals surface area contributed by atoms with Crippen molar-refractivity contribution in [2.24, 2.45) is 0 Å². The summed E-state index contributed by atoms with van der Waals surface area (Å²) < 4.78 is 59.7. The Labute approximate surface area is 161 Å². The lowest BCUT2D eigenvalue weighted by molar-refractivity contribution is -0.197. The lowest BCUT2D eigenvalue weighted by atomic mass is 10.1. The van der Waals surface area contributed by atoms with Crippen molar-refractivity contribution in [2.75, 3.05) is 12.0 Å². The van der Waals surface area contributed by atoms with E-state index in [1.807, 2.05) is 0 Å². The van der Waals surface area contributed by atoms with E-state index in [9.17, 15) is 31.9 Å². The molecular weight excluding hydrogens is 398 g/mol. The van der Waals surface area contributed by atoms with Crippen LogP contribution in [-0.4, -0.2) is 36.8 Å². The number of methoxy groups -OCH3 is 1. The molecule has 1 saturated heterocycles. The van der Waals surface area contributed by atoms with Crippen LogP contribution in [0.2, 0.25) is 0 Å². The van der Waals surface area contributed by atoms with Gasteiger partial charge < -0.3 is 10.1 Å². The Morgan fingerprint density at radius 2 is 1.72 bits per heavy atom. The van der Waals surface area contributed by atoms with E-state index < -0.39 is 35.5 Å². The highest BCUT2D eigenvalue weighted by molar-refractivity contribution is 6.24. The molecule has 152 valence electrons. The summed E-state index contributed by atoms with van der Waals surface area (Å²) in [6, 6.07) is 7.65. The lowest BCUT2D eigenvalue weighted by Gasteiger charge is -2.30. The first-order chi connectivity index (χ1) is 13.6. The molecule has 1 atom stereocenters. The molecule has 2 aromatic rings. The van der Waals surface area contributed by atoms with Crippen LogP contribution in [0.4, 0.5) is 28.0 Å². The van der Waals surface area contributed by atoms with Gasteiger partial charge in [-0.1, -0.05) is 12.1 Å². The highest BCUT2D eigenvalue weighted by atomic mass is 19.4. The Morgan fingerprint density at radius 3 is 2.31 bits per heavy atom. The third-order valence-electron chi connectivity index (χ3n) is 4.18. The third-order valence-corrected chi connectivity index (χ3v) is 4.18. The molecule has 0 saturated carbocycles. The zero-order valence-corrected chi connectivity index (χ0v) is 14.7. The van der Waals surface area contributed by atoms with Crippen molar-refractivity contribution in [3.63, 3.8) is 0 Å². The number of carbonyl (C=O) groups excluding carboxylic acids is 3. The van der Waals surface area contributed by atoms with Crippen molar-refractivity contribution < 1.29 is 36.7 Å². The maximum Gasteiger partial charge on any atom is 0.440 e. The minimum Gasteiger partial charge on any atom is -0.496 e. The molecule has 4 amide bonds. The molecule has 11 heteroatoms. The second-order valence-corrected chi connectivity index (χ2v) is 5.95. The van der Waals surface area contributed by atoms with E-state index in [1.54, 1.807) is 5.32 Å². The third kappa shape index (κ3) is 3.35. The number of hydrogen-bond donors (Lipinski definition) is 2. The average molecular weight is 411 g/mol. The van der Waals surface area contributed by atoms with E-state index >= 15 is 0 Å². The van der Waals surface area contributed by atoms with E-state index in [2.05, 4.69) is 0 Å². The molecule has 29 heavy (non-hydrogen) atoms. The van der Waals surface area contributed by atoms with Gasteiger partial charge in [0.1, 0.15) is 11.6 Å². The van der Waals surface area contributed by atoms with Gasteiger partial charge in [0.05, 0.1) is 18.4 Å². The zero-order valence-electron chi connectivity index (χ0n) is 14.7. The van der Waals surface area contributed by atoms with E-state index in [0.717, 1.165) is 24.3 Å².